The molecular formula is C39H47ClFN3O5Si. The fourth-order valence-corrected chi connectivity index (χ4v) is 11.0. The highest BCUT2D eigenvalue weighted by Crippen LogP contribution is 2.60. The largest absolute Gasteiger partial charge is 0.395 e. The Morgan fingerprint density at radius 1 is 1.02 bits per heavy atom. The van der Waals surface area contributed by atoms with E-state index in [1.54, 1.807) is 41.1 Å². The third-order valence-corrected chi connectivity index (χ3v) is 13.3. The molecule has 4 atom stereocenters. The van der Waals surface area contributed by atoms with Gasteiger partial charge in [-0.25, -0.2) is 0 Å². The zero-order valence-electron chi connectivity index (χ0n) is 29.1. The predicted octanol–water partition coefficient (Wildman–Crippen LogP) is 7.37. The van der Waals surface area contributed by atoms with Crippen molar-refractivity contribution in [1.82, 2.24) is 4.90 Å². The van der Waals surface area contributed by atoms with Crippen LogP contribution in [0.15, 0.2) is 72.8 Å². The Kier molecular flexibility index (Phi) is 10.8. The van der Waals surface area contributed by atoms with Crippen LogP contribution in [0.1, 0.15) is 62.1 Å². The summed E-state index contributed by atoms with van der Waals surface area (Å²) in [5.41, 5.74) is 1.57. The molecule has 3 amide bonds. The lowest BCUT2D eigenvalue weighted by Crippen LogP contribution is -2.45. The van der Waals surface area contributed by atoms with Crippen LogP contribution in [0.25, 0.3) is 0 Å². The van der Waals surface area contributed by atoms with Crippen molar-refractivity contribution in [1.29, 1.82) is 0 Å². The Hall–Kier alpha value is -3.57. The number of benzene rings is 3. The summed E-state index contributed by atoms with van der Waals surface area (Å²) in [4.78, 5) is 46.9. The summed E-state index contributed by atoms with van der Waals surface area (Å²) in [6.07, 6.45) is 3.51. The smallest absolute Gasteiger partial charge is 0.264 e. The monoisotopic (exact) mass is 719 g/mol. The van der Waals surface area contributed by atoms with Crippen LogP contribution in [-0.4, -0.2) is 61.9 Å². The summed E-state index contributed by atoms with van der Waals surface area (Å²) in [6.45, 7) is 6.15. The molecule has 1 N–H and O–H groups in total. The second-order valence-electron chi connectivity index (χ2n) is 14.4. The van der Waals surface area contributed by atoms with E-state index in [0.717, 1.165) is 42.5 Å². The van der Waals surface area contributed by atoms with Gasteiger partial charge in [-0.05, 0) is 67.4 Å². The van der Waals surface area contributed by atoms with Crippen LogP contribution in [0.3, 0.4) is 0 Å². The SMILES string of the molecule is C[C@@H]1[C@@H]([Si](C)(C)F)[C@H](CC(=O)N(CCO)Cc2ccccc2)O[C@@]12C(=O)N(Cc1cccc(N3CCCCCCC3=O)c1)c1ccc(Cl)cc12. The quantitative estimate of drug-likeness (QED) is 0.175. The van der Waals surface area contributed by atoms with E-state index in [-0.39, 0.29) is 43.8 Å². The number of halogens is 2. The molecule has 0 unspecified atom stereocenters. The second-order valence-corrected chi connectivity index (χ2v) is 18.7. The first kappa shape index (κ1) is 36.2. The topological polar surface area (TPSA) is 90.4 Å². The van der Waals surface area contributed by atoms with Crippen LogP contribution in [0, 0.1) is 5.92 Å². The molecular weight excluding hydrogens is 673 g/mol. The molecule has 0 aliphatic carbocycles. The third kappa shape index (κ3) is 7.13. The maximum atomic E-state index is 16.4. The van der Waals surface area contributed by atoms with Gasteiger partial charge in [-0.15, -0.1) is 0 Å². The number of hydrogen-bond acceptors (Lipinski definition) is 5. The molecule has 266 valence electrons. The molecule has 3 aromatic rings. The zero-order chi connectivity index (χ0) is 35.6. The molecule has 6 rings (SSSR count). The lowest BCUT2D eigenvalue weighted by molar-refractivity contribution is -0.150. The summed E-state index contributed by atoms with van der Waals surface area (Å²) in [5, 5.41) is 10.2. The molecule has 2 saturated heterocycles. The van der Waals surface area contributed by atoms with Crippen LogP contribution >= 0.6 is 11.6 Å². The molecule has 8 nitrogen and oxygen atoms in total. The Morgan fingerprint density at radius 2 is 1.76 bits per heavy atom. The molecule has 0 bridgehead atoms. The molecule has 0 saturated carbocycles. The Bertz CT molecular complexity index is 1720. The number of aliphatic hydroxyl groups is 1. The third-order valence-electron chi connectivity index (χ3n) is 10.6. The van der Waals surface area contributed by atoms with E-state index in [1.165, 1.54) is 0 Å². The highest BCUT2D eigenvalue weighted by molar-refractivity contribution is 6.72. The normalized spacial score (nSPS) is 24.0. The van der Waals surface area contributed by atoms with Crippen molar-refractivity contribution < 1.29 is 28.3 Å². The van der Waals surface area contributed by atoms with Crippen LogP contribution in [0.5, 0.6) is 0 Å². The van der Waals surface area contributed by atoms with Gasteiger partial charge in [0.2, 0.25) is 20.2 Å². The van der Waals surface area contributed by atoms with Gasteiger partial charge in [0.15, 0.2) is 5.60 Å². The van der Waals surface area contributed by atoms with E-state index in [4.69, 9.17) is 16.3 Å². The minimum absolute atomic E-state index is 0.108. The molecule has 3 aromatic carbocycles. The van der Waals surface area contributed by atoms with E-state index >= 15 is 4.11 Å². The van der Waals surface area contributed by atoms with E-state index in [0.29, 0.717) is 35.8 Å². The first-order valence-electron chi connectivity index (χ1n) is 17.7. The van der Waals surface area contributed by atoms with Gasteiger partial charge in [0.05, 0.1) is 31.4 Å². The number of anilines is 2. The van der Waals surface area contributed by atoms with Gasteiger partial charge >= 0.3 is 0 Å². The summed E-state index contributed by atoms with van der Waals surface area (Å²) in [7, 11) is -3.53. The summed E-state index contributed by atoms with van der Waals surface area (Å²) < 4.78 is 23.2. The number of carbonyl (C=O) groups is 3. The Balaban J connectivity index is 1.32. The van der Waals surface area contributed by atoms with Crippen molar-refractivity contribution >= 4 is 49.1 Å². The van der Waals surface area contributed by atoms with Crippen LogP contribution in [0.2, 0.25) is 23.7 Å². The van der Waals surface area contributed by atoms with Crippen molar-refractivity contribution in [2.45, 2.75) is 88.9 Å². The molecule has 0 radical (unpaired) electrons. The maximum Gasteiger partial charge on any atom is 0.264 e. The number of amides is 3. The molecule has 3 aliphatic heterocycles. The van der Waals surface area contributed by atoms with Gasteiger partial charge in [-0.1, -0.05) is 73.8 Å². The van der Waals surface area contributed by atoms with Crippen LogP contribution in [-0.2, 0) is 37.8 Å². The maximum absolute atomic E-state index is 16.4. The number of hydrogen-bond donors (Lipinski definition) is 1. The van der Waals surface area contributed by atoms with Crippen molar-refractivity contribution in [2.75, 3.05) is 29.5 Å². The standard InChI is InChI=1S/C39H47ClFN3O5Si/c1-27-37(50(2,3)41)34(24-36(47)42(20-21-45)25-28-12-7-6-8-13-28)49-39(27)32-23-30(40)17-18-33(32)44(38(39)48)26-29-14-11-15-31(22-29)43-19-10-5-4-9-16-35(43)46/h6-8,11-15,17-18,22-23,27,34,37,45H,4-5,9-10,16,19-21,24-26H2,1-3H3/t27-,34+,37-,39+/m1/s1. The lowest BCUT2D eigenvalue weighted by atomic mass is 9.82. The van der Waals surface area contributed by atoms with Crippen molar-refractivity contribution in [3.63, 3.8) is 0 Å². The number of carbonyl (C=O) groups excluding carboxylic acids is 3. The minimum Gasteiger partial charge on any atom is -0.395 e. The number of nitrogens with zero attached hydrogens (tertiary/aromatic N) is 3. The van der Waals surface area contributed by atoms with Crippen LogP contribution < -0.4 is 9.80 Å². The average molecular weight is 720 g/mol. The minimum atomic E-state index is -3.53. The number of rotatable bonds is 10. The number of ether oxygens (including phenoxy) is 1. The molecule has 11 heteroatoms. The van der Waals surface area contributed by atoms with Gasteiger partial charge in [0.1, 0.15) is 0 Å². The van der Waals surface area contributed by atoms with Gasteiger partial charge in [0.25, 0.3) is 5.91 Å². The molecule has 3 heterocycles. The Morgan fingerprint density at radius 3 is 2.50 bits per heavy atom. The van der Waals surface area contributed by atoms with Crippen molar-refractivity contribution in [3.05, 3.63) is 94.5 Å². The predicted molar refractivity (Wildman–Crippen MR) is 196 cm³/mol. The zero-order valence-corrected chi connectivity index (χ0v) is 30.9. The fraction of sp³-hybridized carbons (Fsp3) is 0.462. The fourth-order valence-electron chi connectivity index (χ4n) is 8.33. The van der Waals surface area contributed by atoms with E-state index in [9.17, 15) is 19.5 Å². The first-order valence-corrected chi connectivity index (χ1v) is 21.1. The van der Waals surface area contributed by atoms with Gasteiger partial charge in [-0.3, -0.25) is 14.4 Å². The summed E-state index contributed by atoms with van der Waals surface area (Å²) >= 11 is 6.56. The number of aliphatic hydroxyl groups excluding tert-OH is 1. The van der Waals surface area contributed by atoms with E-state index in [1.807, 2.05) is 66.4 Å². The molecule has 50 heavy (non-hydrogen) atoms. The van der Waals surface area contributed by atoms with Crippen molar-refractivity contribution in [2.24, 2.45) is 5.92 Å². The summed E-state index contributed by atoms with van der Waals surface area (Å²) in [6, 6.07) is 22.5. The van der Waals surface area contributed by atoms with Crippen molar-refractivity contribution in [3.8, 4) is 0 Å². The van der Waals surface area contributed by atoms with E-state index < -0.39 is 31.6 Å². The molecule has 1 spiro atoms. The highest BCUT2D eigenvalue weighted by Gasteiger charge is 2.67. The summed E-state index contributed by atoms with van der Waals surface area (Å²) in [5.74, 6) is -1.07. The second kappa shape index (κ2) is 15.0. The average Bonchev–Trinajstić information content (AvgIpc) is 3.49. The van der Waals surface area contributed by atoms with Gasteiger partial charge < -0.3 is 28.7 Å². The highest BCUT2D eigenvalue weighted by atomic mass is 35.5. The van der Waals surface area contributed by atoms with Crippen LogP contribution in [0.4, 0.5) is 15.5 Å². The van der Waals surface area contributed by atoms with E-state index in [2.05, 4.69) is 0 Å². The Labute approximate surface area is 300 Å². The molecule has 0 aromatic heterocycles. The first-order chi connectivity index (χ1) is 23.9. The molecule has 2 fully saturated rings. The van der Waals surface area contributed by atoms with Gasteiger partial charge in [0, 0.05) is 53.8 Å². The van der Waals surface area contributed by atoms with Gasteiger partial charge in [-0.2, -0.15) is 0 Å². The molecule has 3 aliphatic rings. The number of fused-ring (bicyclic) bond motifs is 2. The lowest BCUT2D eigenvalue weighted by Gasteiger charge is -2.31.